The van der Waals surface area contributed by atoms with Crippen molar-refractivity contribution in [2.24, 2.45) is 0 Å². The van der Waals surface area contributed by atoms with E-state index in [0.29, 0.717) is 17.8 Å². The van der Waals surface area contributed by atoms with E-state index < -0.39 is 10.0 Å². The molecule has 0 bridgehead atoms. The zero-order valence-electron chi connectivity index (χ0n) is 12.9. The zero-order valence-corrected chi connectivity index (χ0v) is 14.5. The van der Waals surface area contributed by atoms with Crippen molar-refractivity contribution >= 4 is 38.9 Å². The van der Waals surface area contributed by atoms with Crippen molar-refractivity contribution in [3.8, 4) is 5.75 Å². The van der Waals surface area contributed by atoms with Gasteiger partial charge in [0.25, 0.3) is 0 Å². The Balaban J connectivity index is 2.01. The minimum atomic E-state index is -3.44. The monoisotopic (exact) mass is 368 g/mol. The SMILES string of the molecule is CS(=O)(=O)Nc1ccccc1NC(=O)CCc1ccc(O)c(Cl)c1. The molecule has 0 aliphatic rings. The maximum absolute atomic E-state index is 12.1. The number of rotatable bonds is 6. The van der Waals surface area contributed by atoms with Crippen molar-refractivity contribution in [2.45, 2.75) is 12.8 Å². The lowest BCUT2D eigenvalue weighted by Gasteiger charge is -2.12. The first-order valence-corrected chi connectivity index (χ1v) is 9.35. The van der Waals surface area contributed by atoms with Gasteiger partial charge < -0.3 is 10.4 Å². The van der Waals surface area contributed by atoms with Crippen LogP contribution >= 0.6 is 11.6 Å². The molecule has 0 saturated carbocycles. The van der Waals surface area contributed by atoms with E-state index in [-0.39, 0.29) is 23.1 Å². The van der Waals surface area contributed by atoms with E-state index in [0.717, 1.165) is 11.8 Å². The van der Waals surface area contributed by atoms with Crippen LogP contribution in [0.5, 0.6) is 5.75 Å². The number of aryl methyl sites for hydroxylation is 1. The number of sulfonamides is 1. The average molecular weight is 369 g/mol. The van der Waals surface area contributed by atoms with Crippen LogP contribution < -0.4 is 10.0 Å². The van der Waals surface area contributed by atoms with Crippen LogP contribution in [0.3, 0.4) is 0 Å². The highest BCUT2D eigenvalue weighted by atomic mass is 35.5. The minimum absolute atomic E-state index is 0.00866. The highest BCUT2D eigenvalue weighted by Crippen LogP contribution is 2.25. The maximum atomic E-state index is 12.1. The fraction of sp³-hybridized carbons (Fsp3) is 0.188. The molecule has 0 atom stereocenters. The molecule has 2 aromatic rings. The number of phenolic OH excluding ortho intramolecular Hbond substituents is 1. The first-order chi connectivity index (χ1) is 11.2. The molecule has 0 aliphatic heterocycles. The number of aromatic hydroxyl groups is 1. The summed E-state index contributed by atoms with van der Waals surface area (Å²) in [6.45, 7) is 0. The Hall–Kier alpha value is -2.25. The van der Waals surface area contributed by atoms with Crippen molar-refractivity contribution < 1.29 is 18.3 Å². The largest absolute Gasteiger partial charge is 0.506 e. The number of phenols is 1. The van der Waals surface area contributed by atoms with E-state index in [1.807, 2.05) is 0 Å². The summed E-state index contributed by atoms with van der Waals surface area (Å²) in [4.78, 5) is 12.1. The summed E-state index contributed by atoms with van der Waals surface area (Å²) in [7, 11) is -3.44. The molecule has 0 unspecified atom stereocenters. The van der Waals surface area contributed by atoms with Crippen molar-refractivity contribution in [3.63, 3.8) is 0 Å². The molecule has 2 rings (SSSR count). The average Bonchev–Trinajstić information content (AvgIpc) is 2.49. The number of hydrogen-bond donors (Lipinski definition) is 3. The molecule has 6 nitrogen and oxygen atoms in total. The van der Waals surface area contributed by atoms with Crippen molar-refractivity contribution in [1.82, 2.24) is 0 Å². The van der Waals surface area contributed by atoms with Gasteiger partial charge in [0.05, 0.1) is 22.7 Å². The van der Waals surface area contributed by atoms with Crippen LogP contribution in [-0.2, 0) is 21.2 Å². The summed E-state index contributed by atoms with van der Waals surface area (Å²) < 4.78 is 25.1. The molecule has 0 heterocycles. The number of carbonyl (C=O) groups excluding carboxylic acids is 1. The quantitative estimate of drug-likeness (QED) is 0.730. The zero-order chi connectivity index (χ0) is 17.7. The highest BCUT2D eigenvalue weighted by molar-refractivity contribution is 7.92. The van der Waals surface area contributed by atoms with E-state index in [1.165, 1.54) is 6.07 Å². The summed E-state index contributed by atoms with van der Waals surface area (Å²) in [6, 6.07) is 11.3. The lowest BCUT2D eigenvalue weighted by molar-refractivity contribution is -0.116. The Morgan fingerprint density at radius 3 is 2.46 bits per heavy atom. The highest BCUT2D eigenvalue weighted by Gasteiger charge is 2.10. The second-order valence-electron chi connectivity index (χ2n) is 5.25. The minimum Gasteiger partial charge on any atom is -0.506 e. The van der Waals surface area contributed by atoms with Crippen LogP contribution in [-0.4, -0.2) is 25.7 Å². The van der Waals surface area contributed by atoms with Gasteiger partial charge in [0.15, 0.2) is 0 Å². The molecule has 0 aromatic heterocycles. The number of benzene rings is 2. The molecule has 1 amide bonds. The number of hydrogen-bond acceptors (Lipinski definition) is 4. The van der Waals surface area contributed by atoms with Gasteiger partial charge in [-0.3, -0.25) is 9.52 Å². The van der Waals surface area contributed by atoms with Gasteiger partial charge in [-0.15, -0.1) is 0 Å². The Morgan fingerprint density at radius 1 is 1.17 bits per heavy atom. The number of para-hydroxylation sites is 2. The number of anilines is 2. The Bertz CT molecular complexity index is 853. The molecular formula is C16H17ClN2O4S. The first kappa shape index (κ1) is 18.1. The number of carbonyl (C=O) groups is 1. The maximum Gasteiger partial charge on any atom is 0.229 e. The molecular weight excluding hydrogens is 352 g/mol. The van der Waals surface area contributed by atoms with Crippen molar-refractivity contribution in [3.05, 3.63) is 53.1 Å². The molecule has 128 valence electrons. The molecule has 0 spiro atoms. The summed E-state index contributed by atoms with van der Waals surface area (Å²) >= 11 is 5.83. The molecule has 3 N–H and O–H groups in total. The molecule has 2 aromatic carbocycles. The normalized spacial score (nSPS) is 11.1. The molecule has 24 heavy (non-hydrogen) atoms. The fourth-order valence-electron chi connectivity index (χ4n) is 2.06. The third kappa shape index (κ3) is 5.43. The van der Waals surface area contributed by atoms with E-state index in [2.05, 4.69) is 10.0 Å². The van der Waals surface area contributed by atoms with Gasteiger partial charge in [0.2, 0.25) is 15.9 Å². The lowest BCUT2D eigenvalue weighted by atomic mass is 10.1. The van der Waals surface area contributed by atoms with E-state index >= 15 is 0 Å². The second kappa shape index (κ2) is 7.55. The van der Waals surface area contributed by atoms with Crippen LogP contribution in [0.15, 0.2) is 42.5 Å². The van der Waals surface area contributed by atoms with E-state index in [9.17, 15) is 18.3 Å². The fourth-order valence-corrected chi connectivity index (χ4v) is 2.84. The van der Waals surface area contributed by atoms with E-state index in [4.69, 9.17) is 11.6 Å². The lowest BCUT2D eigenvalue weighted by Crippen LogP contribution is -2.16. The molecule has 0 saturated heterocycles. The van der Waals surface area contributed by atoms with Gasteiger partial charge in [0.1, 0.15) is 5.75 Å². The summed E-state index contributed by atoms with van der Waals surface area (Å²) in [5.41, 5.74) is 1.51. The van der Waals surface area contributed by atoms with Crippen LogP contribution in [0.4, 0.5) is 11.4 Å². The third-order valence-electron chi connectivity index (χ3n) is 3.15. The van der Waals surface area contributed by atoms with Gasteiger partial charge in [-0.1, -0.05) is 29.8 Å². The topological polar surface area (TPSA) is 95.5 Å². The van der Waals surface area contributed by atoms with Crippen LogP contribution in [0.25, 0.3) is 0 Å². The van der Waals surface area contributed by atoms with Crippen molar-refractivity contribution in [2.75, 3.05) is 16.3 Å². The Kier molecular flexibility index (Phi) is 5.69. The summed E-state index contributed by atoms with van der Waals surface area (Å²) in [5, 5.41) is 12.3. The predicted octanol–water partition coefficient (Wildman–Crippen LogP) is 2.99. The van der Waals surface area contributed by atoms with Gasteiger partial charge in [0, 0.05) is 6.42 Å². The number of halogens is 1. The summed E-state index contributed by atoms with van der Waals surface area (Å²) in [5.74, 6) is -0.271. The third-order valence-corrected chi connectivity index (χ3v) is 4.04. The predicted molar refractivity (Wildman–Crippen MR) is 95.0 cm³/mol. The smallest absolute Gasteiger partial charge is 0.229 e. The second-order valence-corrected chi connectivity index (χ2v) is 7.41. The number of amides is 1. The Morgan fingerprint density at radius 2 is 1.83 bits per heavy atom. The van der Waals surface area contributed by atoms with Gasteiger partial charge in [-0.25, -0.2) is 8.42 Å². The molecule has 0 aliphatic carbocycles. The van der Waals surface area contributed by atoms with Gasteiger partial charge >= 0.3 is 0 Å². The Labute approximate surface area is 145 Å². The molecule has 8 heteroatoms. The van der Waals surface area contributed by atoms with Crippen LogP contribution in [0.2, 0.25) is 5.02 Å². The number of nitrogens with one attached hydrogen (secondary N) is 2. The van der Waals surface area contributed by atoms with Crippen LogP contribution in [0, 0.1) is 0 Å². The van der Waals surface area contributed by atoms with E-state index in [1.54, 1.807) is 36.4 Å². The molecule has 0 radical (unpaired) electrons. The standard InChI is InChI=1S/C16H17ClN2O4S/c1-24(22,23)19-14-5-3-2-4-13(14)18-16(21)9-7-11-6-8-15(20)12(17)10-11/h2-6,8,10,19-20H,7,9H2,1H3,(H,18,21). The van der Waals surface area contributed by atoms with Gasteiger partial charge in [-0.05, 0) is 36.2 Å². The van der Waals surface area contributed by atoms with Crippen LogP contribution in [0.1, 0.15) is 12.0 Å². The van der Waals surface area contributed by atoms with Gasteiger partial charge in [-0.2, -0.15) is 0 Å². The van der Waals surface area contributed by atoms with Crippen molar-refractivity contribution in [1.29, 1.82) is 0 Å². The molecule has 0 fully saturated rings. The first-order valence-electron chi connectivity index (χ1n) is 7.08. The summed E-state index contributed by atoms with van der Waals surface area (Å²) in [6.07, 6.45) is 1.67.